The van der Waals surface area contributed by atoms with Gasteiger partial charge in [0, 0.05) is 12.7 Å². The molecule has 0 aromatic carbocycles. The van der Waals surface area contributed by atoms with E-state index in [9.17, 15) is 4.79 Å². The molecule has 1 fully saturated rings. The molecular formula is C12H15ClN2O2. The number of aromatic nitrogens is 1. The number of hydrogen-bond donors (Lipinski definition) is 1. The molecular weight excluding hydrogens is 240 g/mol. The average molecular weight is 255 g/mol. The van der Waals surface area contributed by atoms with Gasteiger partial charge in [0.2, 0.25) is 0 Å². The van der Waals surface area contributed by atoms with E-state index in [-0.39, 0.29) is 11.3 Å². The van der Waals surface area contributed by atoms with E-state index >= 15 is 0 Å². The number of nitrogens with zero attached hydrogens (tertiary/aromatic N) is 1. The van der Waals surface area contributed by atoms with Gasteiger partial charge in [0.25, 0.3) is 5.91 Å². The van der Waals surface area contributed by atoms with Crippen molar-refractivity contribution in [2.75, 3.05) is 13.7 Å². The highest BCUT2D eigenvalue weighted by molar-refractivity contribution is 6.21. The van der Waals surface area contributed by atoms with Crippen molar-refractivity contribution < 1.29 is 9.53 Å². The lowest BCUT2D eigenvalue weighted by molar-refractivity contribution is 0.0950. The summed E-state index contributed by atoms with van der Waals surface area (Å²) in [5.41, 5.74) is 0.488. The lowest BCUT2D eigenvalue weighted by Gasteiger charge is -2.11. The first-order valence-electron chi connectivity index (χ1n) is 5.62. The van der Waals surface area contributed by atoms with Gasteiger partial charge in [-0.25, -0.2) is 0 Å². The molecule has 1 saturated carbocycles. The van der Waals surface area contributed by atoms with Crippen molar-refractivity contribution in [2.24, 2.45) is 5.92 Å². The maximum atomic E-state index is 11.9. The SMILES string of the molecule is COc1cnccc1C(=O)NCC(Cl)C1CC1. The number of carbonyl (C=O) groups is 1. The first kappa shape index (κ1) is 12.2. The van der Waals surface area contributed by atoms with E-state index in [2.05, 4.69) is 10.3 Å². The second kappa shape index (κ2) is 5.36. The van der Waals surface area contributed by atoms with Crippen LogP contribution in [-0.2, 0) is 0 Å². The Balaban J connectivity index is 1.94. The number of pyridine rings is 1. The van der Waals surface area contributed by atoms with Gasteiger partial charge in [0.15, 0.2) is 0 Å². The number of nitrogens with one attached hydrogen (secondary N) is 1. The fourth-order valence-corrected chi connectivity index (χ4v) is 1.97. The van der Waals surface area contributed by atoms with Crippen LogP contribution in [-0.4, -0.2) is 29.9 Å². The third-order valence-electron chi connectivity index (χ3n) is 2.84. The Morgan fingerprint density at radius 2 is 2.47 bits per heavy atom. The van der Waals surface area contributed by atoms with Crippen molar-refractivity contribution in [3.63, 3.8) is 0 Å². The minimum atomic E-state index is -0.171. The van der Waals surface area contributed by atoms with Gasteiger partial charge in [-0.1, -0.05) is 0 Å². The molecule has 1 amide bonds. The molecule has 0 spiro atoms. The molecule has 5 heteroatoms. The smallest absolute Gasteiger partial charge is 0.255 e. The summed E-state index contributed by atoms with van der Waals surface area (Å²) in [6, 6.07) is 1.63. The van der Waals surface area contributed by atoms with Crippen LogP contribution in [0.1, 0.15) is 23.2 Å². The van der Waals surface area contributed by atoms with E-state index in [0.717, 1.165) is 0 Å². The number of carbonyl (C=O) groups excluding carboxylic acids is 1. The number of ether oxygens (including phenoxy) is 1. The van der Waals surface area contributed by atoms with Crippen molar-refractivity contribution >= 4 is 17.5 Å². The monoisotopic (exact) mass is 254 g/mol. The number of methoxy groups -OCH3 is 1. The van der Waals surface area contributed by atoms with Crippen LogP contribution in [0.5, 0.6) is 5.75 Å². The van der Waals surface area contributed by atoms with Crippen LogP contribution in [0.15, 0.2) is 18.5 Å². The topological polar surface area (TPSA) is 51.2 Å². The Morgan fingerprint density at radius 3 is 3.12 bits per heavy atom. The Kier molecular flexibility index (Phi) is 3.84. The minimum Gasteiger partial charge on any atom is -0.494 e. The van der Waals surface area contributed by atoms with Crippen molar-refractivity contribution in [3.05, 3.63) is 24.0 Å². The largest absolute Gasteiger partial charge is 0.494 e. The van der Waals surface area contributed by atoms with Crippen LogP contribution in [0.4, 0.5) is 0 Å². The zero-order valence-corrected chi connectivity index (χ0v) is 10.4. The highest BCUT2D eigenvalue weighted by Gasteiger charge is 2.29. The highest BCUT2D eigenvalue weighted by atomic mass is 35.5. The molecule has 1 atom stereocenters. The van der Waals surface area contributed by atoms with Gasteiger partial charge in [0.1, 0.15) is 5.75 Å². The van der Waals surface area contributed by atoms with Crippen molar-refractivity contribution in [3.8, 4) is 5.75 Å². The summed E-state index contributed by atoms with van der Waals surface area (Å²) in [5, 5.41) is 2.85. The van der Waals surface area contributed by atoms with Crippen LogP contribution in [0.2, 0.25) is 0 Å². The molecule has 1 aromatic rings. The maximum Gasteiger partial charge on any atom is 0.255 e. The van der Waals surface area contributed by atoms with Gasteiger partial charge in [-0.05, 0) is 24.8 Å². The summed E-state index contributed by atoms with van der Waals surface area (Å²) in [4.78, 5) is 15.8. The Hall–Kier alpha value is -1.29. The summed E-state index contributed by atoms with van der Waals surface area (Å²) in [6.07, 6.45) is 5.43. The zero-order chi connectivity index (χ0) is 12.3. The molecule has 1 aromatic heterocycles. The number of rotatable bonds is 5. The van der Waals surface area contributed by atoms with Gasteiger partial charge in [0.05, 0.1) is 24.2 Å². The Morgan fingerprint density at radius 1 is 1.71 bits per heavy atom. The average Bonchev–Trinajstić information content (AvgIpc) is 3.19. The summed E-state index contributed by atoms with van der Waals surface area (Å²) < 4.78 is 5.08. The van der Waals surface area contributed by atoms with E-state index in [0.29, 0.717) is 23.8 Å². The molecule has 0 bridgehead atoms. The standard InChI is InChI=1S/C12H15ClN2O2/c1-17-11-7-14-5-4-9(11)12(16)15-6-10(13)8-2-3-8/h4-5,7-8,10H,2-3,6H2,1H3,(H,15,16). The molecule has 1 N–H and O–H groups in total. The van der Waals surface area contributed by atoms with Crippen LogP contribution in [0.3, 0.4) is 0 Å². The summed E-state index contributed by atoms with van der Waals surface area (Å²) >= 11 is 6.13. The molecule has 1 aliphatic carbocycles. The summed E-state index contributed by atoms with van der Waals surface area (Å²) in [6.45, 7) is 0.497. The first-order valence-corrected chi connectivity index (χ1v) is 6.06. The van der Waals surface area contributed by atoms with Gasteiger partial charge in [-0.2, -0.15) is 0 Å². The molecule has 1 heterocycles. The molecule has 1 aliphatic rings. The van der Waals surface area contributed by atoms with E-state index in [1.54, 1.807) is 12.3 Å². The first-order chi connectivity index (χ1) is 8.22. The minimum absolute atomic E-state index is 0.0341. The normalized spacial score (nSPS) is 16.4. The van der Waals surface area contributed by atoms with Crippen LogP contribution >= 0.6 is 11.6 Å². The van der Waals surface area contributed by atoms with Crippen LogP contribution in [0.25, 0.3) is 0 Å². The molecule has 1 unspecified atom stereocenters. The summed E-state index contributed by atoms with van der Waals surface area (Å²) in [7, 11) is 1.52. The van der Waals surface area contributed by atoms with Gasteiger partial charge in [-0.3, -0.25) is 9.78 Å². The number of amides is 1. The van der Waals surface area contributed by atoms with Crippen molar-refractivity contribution in [1.29, 1.82) is 0 Å². The van der Waals surface area contributed by atoms with Crippen molar-refractivity contribution in [1.82, 2.24) is 10.3 Å². The van der Waals surface area contributed by atoms with Gasteiger partial charge in [-0.15, -0.1) is 11.6 Å². The van der Waals surface area contributed by atoms with Crippen LogP contribution < -0.4 is 10.1 Å². The third-order valence-corrected chi connectivity index (χ3v) is 3.35. The van der Waals surface area contributed by atoms with E-state index in [4.69, 9.17) is 16.3 Å². The van der Waals surface area contributed by atoms with Gasteiger partial charge >= 0.3 is 0 Å². The lowest BCUT2D eigenvalue weighted by atomic mass is 10.2. The predicted molar refractivity (Wildman–Crippen MR) is 65.5 cm³/mol. The zero-order valence-electron chi connectivity index (χ0n) is 9.65. The third kappa shape index (κ3) is 3.09. The fourth-order valence-electron chi connectivity index (χ4n) is 1.64. The lowest BCUT2D eigenvalue weighted by Crippen LogP contribution is -2.30. The van der Waals surface area contributed by atoms with E-state index in [1.165, 1.54) is 26.1 Å². The molecule has 0 radical (unpaired) electrons. The number of hydrogen-bond acceptors (Lipinski definition) is 3. The molecule has 2 rings (SSSR count). The quantitative estimate of drug-likeness (QED) is 0.816. The Bertz CT molecular complexity index is 407. The summed E-state index contributed by atoms with van der Waals surface area (Å²) in [5.74, 6) is 0.870. The number of halogens is 1. The second-order valence-electron chi connectivity index (χ2n) is 4.14. The molecule has 92 valence electrons. The van der Waals surface area contributed by atoms with E-state index < -0.39 is 0 Å². The molecule has 0 aliphatic heterocycles. The van der Waals surface area contributed by atoms with E-state index in [1.807, 2.05) is 0 Å². The maximum absolute atomic E-state index is 11.9. The number of alkyl halides is 1. The second-order valence-corrected chi connectivity index (χ2v) is 4.70. The molecule has 4 nitrogen and oxygen atoms in total. The van der Waals surface area contributed by atoms with Crippen LogP contribution in [0, 0.1) is 5.92 Å². The highest BCUT2D eigenvalue weighted by Crippen LogP contribution is 2.35. The predicted octanol–water partition coefficient (Wildman–Crippen LogP) is 1.84. The molecule has 17 heavy (non-hydrogen) atoms. The van der Waals surface area contributed by atoms with Gasteiger partial charge < -0.3 is 10.1 Å². The Labute approximate surface area is 105 Å². The molecule has 0 saturated heterocycles. The fraction of sp³-hybridized carbons (Fsp3) is 0.500. The van der Waals surface area contributed by atoms with Crippen molar-refractivity contribution in [2.45, 2.75) is 18.2 Å².